The van der Waals surface area contributed by atoms with Crippen LogP contribution in [0.1, 0.15) is 69.6 Å². The van der Waals surface area contributed by atoms with E-state index < -0.39 is 45.1 Å². The first-order valence-corrected chi connectivity index (χ1v) is 16.4. The van der Waals surface area contributed by atoms with E-state index in [1.165, 1.54) is 42.5 Å². The minimum Gasteiger partial charge on any atom is -0.461 e. The summed E-state index contributed by atoms with van der Waals surface area (Å²) in [5.74, 6) is -3.33. The number of nitrogens with zero attached hydrogens (tertiary/aromatic N) is 5. The van der Waals surface area contributed by atoms with Crippen LogP contribution in [0.4, 0.5) is 22.7 Å². The molecule has 4 aromatic heterocycles. The van der Waals surface area contributed by atoms with Crippen LogP contribution in [0.3, 0.4) is 0 Å². The van der Waals surface area contributed by atoms with E-state index in [9.17, 15) is 44.2 Å². The van der Waals surface area contributed by atoms with Gasteiger partial charge in [0.15, 0.2) is 11.4 Å². The molecule has 0 fully saturated rings. The number of nitrogens with two attached hydrogens (primary N) is 2. The number of esters is 4. The zero-order valence-electron chi connectivity index (χ0n) is 29.4. The average molecular weight is 834 g/mol. The van der Waals surface area contributed by atoms with E-state index >= 15 is 0 Å². The molecule has 55 heavy (non-hydrogen) atoms. The van der Waals surface area contributed by atoms with Gasteiger partial charge in [0, 0.05) is 30.3 Å². The van der Waals surface area contributed by atoms with Crippen molar-refractivity contribution in [2.45, 2.75) is 27.7 Å². The lowest BCUT2D eigenvalue weighted by Gasteiger charge is -2.09. The number of carbonyl (C=O) groups excluding carboxylic acids is 4. The number of pyridine rings is 4. The van der Waals surface area contributed by atoms with Gasteiger partial charge in [-0.25, -0.2) is 29.1 Å². The summed E-state index contributed by atoms with van der Waals surface area (Å²) < 4.78 is 24.7. The summed E-state index contributed by atoms with van der Waals surface area (Å²) in [5, 5.41) is 21.6. The van der Waals surface area contributed by atoms with Crippen LogP contribution in [0, 0.1) is 20.2 Å². The predicted molar refractivity (Wildman–Crippen MR) is 194 cm³/mol. The van der Waals surface area contributed by atoms with Gasteiger partial charge in [-0.15, -0.1) is 0 Å². The van der Waals surface area contributed by atoms with E-state index in [2.05, 4.69) is 45.3 Å². The topological polar surface area (TPSA) is 324 Å². The highest BCUT2D eigenvalue weighted by molar-refractivity contribution is 9.10. The number of rotatable bonds is 12. The Hall–Kier alpha value is -7.04. The third-order valence-corrected chi connectivity index (χ3v) is 6.47. The lowest BCUT2D eigenvalue weighted by atomic mass is 10.3. The van der Waals surface area contributed by atoms with Gasteiger partial charge in [-0.1, -0.05) is 0 Å². The third-order valence-electron chi connectivity index (χ3n) is 6.03. The van der Waals surface area contributed by atoms with Crippen molar-refractivity contribution in [2.75, 3.05) is 37.9 Å². The van der Waals surface area contributed by atoms with E-state index in [1.54, 1.807) is 27.7 Å². The lowest BCUT2D eigenvalue weighted by molar-refractivity contribution is -0.385. The third kappa shape index (κ3) is 13.2. The fourth-order valence-corrected chi connectivity index (χ4v) is 4.06. The van der Waals surface area contributed by atoms with Crippen LogP contribution in [-0.2, 0) is 18.9 Å². The molecule has 0 aliphatic carbocycles. The van der Waals surface area contributed by atoms with Crippen LogP contribution >= 0.6 is 15.9 Å². The number of nitro groups is 2. The Morgan fingerprint density at radius 1 is 0.636 bits per heavy atom. The number of nitrogen functional groups attached to an aromatic ring is 2. The average Bonchev–Trinajstić information content (AvgIpc) is 3.14. The second-order valence-electron chi connectivity index (χ2n) is 9.76. The Kier molecular flexibility index (Phi) is 17.2. The zero-order valence-corrected chi connectivity index (χ0v) is 31.0. The molecular weight excluding hydrogens is 800 g/mol. The number of ether oxygens (including phenoxy) is 5. The molecule has 4 heterocycles. The van der Waals surface area contributed by atoms with E-state index in [4.69, 9.17) is 25.7 Å². The molecule has 0 aliphatic heterocycles. The smallest absolute Gasteiger partial charge is 0.364 e. The molecule has 22 nitrogen and oxygen atoms in total. The Morgan fingerprint density at radius 2 is 1.05 bits per heavy atom. The molecule has 0 radical (unpaired) electrons. The van der Waals surface area contributed by atoms with Crippen molar-refractivity contribution in [2.24, 2.45) is 0 Å². The van der Waals surface area contributed by atoms with E-state index in [-0.39, 0.29) is 77.9 Å². The SMILES string of the molecule is CCOC(=O)c1[nH]c(=O)ccc1N.CCOC(=O)c1nc(Br)ccc1[N+](=O)[O-].CCOC(=O)c1nc(Oc2ccc([N+](=O)[O-])c(C(=O)OCC)n2)ccc1N. The van der Waals surface area contributed by atoms with E-state index in [1.807, 2.05) is 0 Å². The monoisotopic (exact) mass is 832 g/mol. The molecule has 0 spiro atoms. The van der Waals surface area contributed by atoms with Gasteiger partial charge in [0.25, 0.3) is 0 Å². The van der Waals surface area contributed by atoms with Gasteiger partial charge >= 0.3 is 35.3 Å². The van der Waals surface area contributed by atoms with Gasteiger partial charge in [-0.05, 0) is 61.8 Å². The first-order chi connectivity index (χ1) is 26.1. The highest BCUT2D eigenvalue weighted by Gasteiger charge is 2.25. The van der Waals surface area contributed by atoms with Crippen LogP contribution in [0.2, 0.25) is 0 Å². The normalized spacial score (nSPS) is 9.91. The summed E-state index contributed by atoms with van der Waals surface area (Å²) in [6.07, 6.45) is 0. The highest BCUT2D eigenvalue weighted by atomic mass is 79.9. The van der Waals surface area contributed by atoms with Crippen molar-refractivity contribution in [3.8, 4) is 11.8 Å². The van der Waals surface area contributed by atoms with Crippen LogP contribution in [0.25, 0.3) is 0 Å². The maximum Gasteiger partial charge on any atom is 0.364 e. The Balaban J connectivity index is 0.000000314. The Labute approximate surface area is 318 Å². The van der Waals surface area contributed by atoms with Crippen molar-refractivity contribution in [1.82, 2.24) is 19.9 Å². The fourth-order valence-electron chi connectivity index (χ4n) is 3.75. The van der Waals surface area contributed by atoms with Crippen molar-refractivity contribution in [1.29, 1.82) is 0 Å². The molecule has 0 atom stereocenters. The summed E-state index contributed by atoms with van der Waals surface area (Å²) in [6.45, 7) is 7.02. The minimum atomic E-state index is -0.966. The second kappa shape index (κ2) is 21.5. The minimum absolute atomic E-state index is 0.00866. The van der Waals surface area contributed by atoms with Crippen molar-refractivity contribution < 1.29 is 52.7 Å². The first kappa shape index (κ1) is 44.1. The van der Waals surface area contributed by atoms with Crippen LogP contribution in [0.5, 0.6) is 11.8 Å². The highest BCUT2D eigenvalue weighted by Crippen LogP contribution is 2.26. The number of anilines is 2. The van der Waals surface area contributed by atoms with Gasteiger partial charge in [-0.3, -0.25) is 25.0 Å². The molecule has 0 saturated heterocycles. The number of aromatic amines is 1. The molecule has 0 bridgehead atoms. The summed E-state index contributed by atoms with van der Waals surface area (Å²) in [6, 6.07) is 10.2. The molecule has 5 N–H and O–H groups in total. The van der Waals surface area contributed by atoms with Crippen LogP contribution in [0.15, 0.2) is 57.9 Å². The quantitative estimate of drug-likeness (QED) is 0.0592. The summed E-state index contributed by atoms with van der Waals surface area (Å²) >= 11 is 3.02. The fraction of sp³-hybridized carbons (Fsp3) is 0.250. The molecule has 4 aromatic rings. The van der Waals surface area contributed by atoms with Crippen molar-refractivity contribution >= 4 is 62.6 Å². The van der Waals surface area contributed by atoms with Crippen molar-refractivity contribution in [3.05, 3.63) is 106 Å². The number of carbonyl (C=O) groups is 4. The van der Waals surface area contributed by atoms with Gasteiger partial charge < -0.3 is 40.1 Å². The number of halogens is 1. The van der Waals surface area contributed by atoms with Gasteiger partial charge in [0.05, 0.1) is 47.6 Å². The standard InChI is InChI=1S/C16H16N4O7.C8H7BrN2O4.C8H10N2O3/c1-3-25-15(21)13-9(17)5-7-11(18-13)27-12-8-6-10(20(23)24)14(19-12)16(22)26-4-2;1-2-15-8(12)7-5(11(13)14)3-4-6(9)10-7;1-2-13-8(12)7-5(9)3-4-6(11)10-7/h5-8H,3-4,17H2,1-2H3;3-4H,2H2,1H3;3-4H,2,9H2,1H3,(H,10,11). The molecule has 0 aromatic carbocycles. The van der Waals surface area contributed by atoms with Crippen LogP contribution in [-0.4, -0.2) is 80.1 Å². The predicted octanol–water partition coefficient (Wildman–Crippen LogP) is 4.18. The van der Waals surface area contributed by atoms with E-state index in [0.717, 1.165) is 6.07 Å². The number of aromatic nitrogens is 4. The molecule has 0 amide bonds. The summed E-state index contributed by atoms with van der Waals surface area (Å²) in [7, 11) is 0. The Morgan fingerprint density at radius 3 is 1.56 bits per heavy atom. The zero-order chi connectivity index (χ0) is 41.2. The first-order valence-electron chi connectivity index (χ1n) is 15.7. The number of nitrogens with one attached hydrogen (secondary N) is 1. The van der Waals surface area contributed by atoms with Crippen LogP contribution < -0.4 is 21.8 Å². The summed E-state index contributed by atoms with van der Waals surface area (Å²) in [4.78, 5) is 91.0. The second-order valence-corrected chi connectivity index (χ2v) is 10.6. The molecule has 23 heteroatoms. The number of H-pyrrole nitrogens is 1. The number of hydrogen-bond donors (Lipinski definition) is 3. The molecule has 4 rings (SSSR count). The molecule has 292 valence electrons. The molecular formula is C32H33BrN8O14. The number of hydrogen-bond acceptors (Lipinski definition) is 19. The lowest BCUT2D eigenvalue weighted by Crippen LogP contribution is -2.16. The van der Waals surface area contributed by atoms with Gasteiger partial charge in [0.2, 0.25) is 28.7 Å². The van der Waals surface area contributed by atoms with Crippen molar-refractivity contribution in [3.63, 3.8) is 0 Å². The maximum atomic E-state index is 11.9. The summed E-state index contributed by atoms with van der Waals surface area (Å²) in [5.41, 5.74) is 9.22. The van der Waals surface area contributed by atoms with Gasteiger partial charge in [-0.2, -0.15) is 4.98 Å². The van der Waals surface area contributed by atoms with E-state index in [0.29, 0.717) is 4.60 Å². The molecule has 0 aliphatic rings. The van der Waals surface area contributed by atoms with Gasteiger partial charge in [0.1, 0.15) is 4.60 Å². The molecule has 0 saturated carbocycles. The maximum absolute atomic E-state index is 11.9. The molecule has 0 unspecified atom stereocenters. The Bertz CT molecular complexity index is 2110. The largest absolute Gasteiger partial charge is 0.461 e.